The van der Waals surface area contributed by atoms with Crippen LogP contribution in [0.5, 0.6) is 0 Å². The predicted octanol–water partition coefficient (Wildman–Crippen LogP) is 0.301. The Hall–Kier alpha value is -1.44. The maximum Gasteiger partial charge on any atom is 0.333 e. The number of hydrogen-bond acceptors (Lipinski definition) is 6. The number of rotatable bonds is 2. The number of ether oxygens (including phenoxy) is 1. The Balaban J connectivity index is 1.50. The Morgan fingerprint density at radius 1 is 1.15 bits per heavy atom. The molecule has 7 heteroatoms. The summed E-state index contributed by atoms with van der Waals surface area (Å²) in [4.78, 5) is 28.8. The molecule has 4 aliphatic heterocycles. The van der Waals surface area contributed by atoms with Gasteiger partial charge in [0.25, 0.3) is 5.91 Å². The minimum atomic E-state index is -0.905. The fourth-order valence-corrected chi connectivity index (χ4v) is 5.52. The number of fused-ring (bicyclic) bond motifs is 6. The van der Waals surface area contributed by atoms with Gasteiger partial charge in [-0.2, -0.15) is 0 Å². The Morgan fingerprint density at radius 3 is 2.63 bits per heavy atom. The van der Waals surface area contributed by atoms with Crippen LogP contribution in [-0.4, -0.2) is 81.9 Å². The van der Waals surface area contributed by atoms with Crippen LogP contribution in [-0.2, 0) is 14.3 Å². The van der Waals surface area contributed by atoms with Gasteiger partial charge >= 0.3 is 5.97 Å². The number of allylic oxidation sites excluding steroid dienone is 1. The molecule has 0 aromatic heterocycles. The first-order valence-corrected chi connectivity index (χ1v) is 10.1. The van der Waals surface area contributed by atoms with Crippen molar-refractivity contribution in [2.75, 3.05) is 19.6 Å². The van der Waals surface area contributed by atoms with Crippen LogP contribution in [0.3, 0.4) is 0 Å². The maximum atomic E-state index is 12.5. The average molecular weight is 378 g/mol. The summed E-state index contributed by atoms with van der Waals surface area (Å²) in [6, 6.07) is 0.127. The van der Waals surface area contributed by atoms with Gasteiger partial charge in [-0.15, -0.1) is 0 Å². The molecule has 1 amide bonds. The van der Waals surface area contributed by atoms with Gasteiger partial charge in [0.2, 0.25) is 0 Å². The van der Waals surface area contributed by atoms with E-state index >= 15 is 0 Å². The molecule has 0 spiro atoms. The van der Waals surface area contributed by atoms with Crippen molar-refractivity contribution in [1.82, 2.24) is 9.80 Å². The fourth-order valence-electron chi connectivity index (χ4n) is 5.52. The number of nitrogens with zero attached hydrogens (tertiary/aromatic N) is 2. The van der Waals surface area contributed by atoms with Gasteiger partial charge in [0.1, 0.15) is 12.2 Å². The zero-order valence-electron chi connectivity index (χ0n) is 16.1. The van der Waals surface area contributed by atoms with E-state index in [1.165, 1.54) is 0 Å². The van der Waals surface area contributed by atoms with Crippen molar-refractivity contribution in [3.8, 4) is 0 Å². The smallest absolute Gasteiger partial charge is 0.333 e. The lowest BCUT2D eigenvalue weighted by Gasteiger charge is -2.59. The van der Waals surface area contributed by atoms with Gasteiger partial charge in [0, 0.05) is 55.5 Å². The molecule has 0 aromatic carbocycles. The molecule has 4 fully saturated rings. The number of piperidine rings is 4. The van der Waals surface area contributed by atoms with Crippen LogP contribution in [0.25, 0.3) is 0 Å². The van der Waals surface area contributed by atoms with Crippen LogP contribution < -0.4 is 0 Å². The monoisotopic (exact) mass is 378 g/mol. The summed E-state index contributed by atoms with van der Waals surface area (Å²) in [6.07, 6.45) is 2.98. The fraction of sp³-hybridized carbons (Fsp3) is 0.800. The second kappa shape index (κ2) is 7.18. The maximum absolute atomic E-state index is 12.5. The van der Waals surface area contributed by atoms with Gasteiger partial charge in [-0.3, -0.25) is 9.69 Å². The lowest BCUT2D eigenvalue weighted by atomic mass is 9.68. The Kier molecular flexibility index (Phi) is 5.03. The van der Waals surface area contributed by atoms with Crippen LogP contribution in [0.4, 0.5) is 0 Å². The zero-order chi connectivity index (χ0) is 19.3. The summed E-state index contributed by atoms with van der Waals surface area (Å²) in [5.41, 5.74) is 0.606. The lowest BCUT2D eigenvalue weighted by molar-refractivity contribution is -0.183. The van der Waals surface area contributed by atoms with E-state index < -0.39 is 12.2 Å². The largest absolute Gasteiger partial charge is 0.459 e. The van der Waals surface area contributed by atoms with Gasteiger partial charge in [-0.25, -0.2) is 4.79 Å². The van der Waals surface area contributed by atoms with E-state index in [0.717, 1.165) is 25.9 Å². The van der Waals surface area contributed by atoms with Crippen molar-refractivity contribution in [2.24, 2.45) is 11.8 Å². The molecule has 4 saturated heterocycles. The van der Waals surface area contributed by atoms with Gasteiger partial charge in [-0.1, -0.05) is 6.08 Å². The Morgan fingerprint density at radius 2 is 1.89 bits per heavy atom. The molecule has 4 aliphatic rings. The molecular weight excluding hydrogens is 348 g/mol. The molecule has 0 saturated carbocycles. The average Bonchev–Trinajstić information content (AvgIpc) is 2.65. The first kappa shape index (κ1) is 18.9. The van der Waals surface area contributed by atoms with E-state index in [1.54, 1.807) is 13.0 Å². The first-order valence-electron chi connectivity index (χ1n) is 10.1. The van der Waals surface area contributed by atoms with E-state index in [2.05, 4.69) is 4.90 Å². The third-order valence-corrected chi connectivity index (χ3v) is 7.16. The number of carbonyl (C=O) groups excluding carboxylic acids is 2. The van der Waals surface area contributed by atoms with Crippen LogP contribution in [0.2, 0.25) is 0 Å². The molecule has 27 heavy (non-hydrogen) atoms. The van der Waals surface area contributed by atoms with Crippen molar-refractivity contribution in [3.63, 3.8) is 0 Å². The second-order valence-electron chi connectivity index (χ2n) is 8.56. The molecule has 7 atom stereocenters. The van der Waals surface area contributed by atoms with E-state index in [-0.39, 0.29) is 41.9 Å². The van der Waals surface area contributed by atoms with Crippen molar-refractivity contribution >= 4 is 11.9 Å². The highest BCUT2D eigenvalue weighted by Crippen LogP contribution is 2.43. The van der Waals surface area contributed by atoms with Crippen molar-refractivity contribution in [1.29, 1.82) is 0 Å². The summed E-state index contributed by atoms with van der Waals surface area (Å²) < 4.78 is 5.67. The molecule has 2 N–H and O–H groups in total. The minimum absolute atomic E-state index is 0.0287. The molecule has 150 valence electrons. The SMILES string of the molecule is C/C=C(\C)C(=O)O[C@H]1CCN2C[C@@H]3[C@H](O)[C@@H](CN4C(=O)[C@@H](O)CC[C@H]34)[C@@H]2C1. The number of aliphatic hydroxyl groups excluding tert-OH is 2. The molecule has 0 aromatic rings. The third-order valence-electron chi connectivity index (χ3n) is 7.16. The lowest BCUT2D eigenvalue weighted by Crippen LogP contribution is -2.71. The van der Waals surface area contributed by atoms with E-state index in [1.807, 2.05) is 11.8 Å². The van der Waals surface area contributed by atoms with Gasteiger partial charge in [0.05, 0.1) is 6.10 Å². The molecule has 0 unspecified atom stereocenters. The van der Waals surface area contributed by atoms with Crippen LogP contribution in [0.15, 0.2) is 11.6 Å². The standard InChI is InChI=1S/C20H30N2O5/c1-3-11(2)20(26)27-12-6-7-21-9-13-15-4-5-17(23)19(25)22(15)10-14(18(13)24)16(21)8-12/h3,12-18,23-24H,4-10H2,1-2H3/b11-3+/t12-,13-,14-,15+,16-,17-,18-/m0/s1. The third kappa shape index (κ3) is 3.19. The molecular formula is C20H30N2O5. The molecule has 0 radical (unpaired) electrons. The second-order valence-corrected chi connectivity index (χ2v) is 8.56. The van der Waals surface area contributed by atoms with Crippen LogP contribution in [0, 0.1) is 11.8 Å². The van der Waals surface area contributed by atoms with E-state index in [0.29, 0.717) is 25.0 Å². The summed E-state index contributed by atoms with van der Waals surface area (Å²) in [5.74, 6) is -0.480. The number of aliphatic hydroxyl groups is 2. The zero-order valence-corrected chi connectivity index (χ0v) is 16.1. The Bertz CT molecular complexity index is 650. The highest BCUT2D eigenvalue weighted by molar-refractivity contribution is 5.87. The summed E-state index contributed by atoms with van der Waals surface area (Å²) in [7, 11) is 0. The molecule has 0 aliphatic carbocycles. The molecule has 2 bridgehead atoms. The van der Waals surface area contributed by atoms with E-state index in [9.17, 15) is 19.8 Å². The number of carbonyl (C=O) groups is 2. The molecule has 4 rings (SSSR count). The van der Waals surface area contributed by atoms with Crippen molar-refractivity contribution in [2.45, 2.75) is 69.9 Å². The van der Waals surface area contributed by atoms with Gasteiger partial charge in [0.15, 0.2) is 0 Å². The van der Waals surface area contributed by atoms with Gasteiger partial charge in [-0.05, 0) is 33.1 Å². The quantitative estimate of drug-likeness (QED) is 0.531. The Labute approximate surface area is 160 Å². The summed E-state index contributed by atoms with van der Waals surface area (Å²) in [5, 5.41) is 20.9. The topological polar surface area (TPSA) is 90.3 Å². The molecule has 4 heterocycles. The van der Waals surface area contributed by atoms with Crippen LogP contribution >= 0.6 is 0 Å². The number of hydrogen-bond donors (Lipinski definition) is 2. The van der Waals surface area contributed by atoms with Crippen molar-refractivity contribution in [3.05, 3.63) is 11.6 Å². The highest BCUT2D eigenvalue weighted by atomic mass is 16.5. The normalized spacial score (nSPS) is 42.4. The van der Waals surface area contributed by atoms with Crippen LogP contribution in [0.1, 0.15) is 39.5 Å². The van der Waals surface area contributed by atoms with Crippen molar-refractivity contribution < 1.29 is 24.5 Å². The molecule has 7 nitrogen and oxygen atoms in total. The van der Waals surface area contributed by atoms with E-state index in [4.69, 9.17) is 4.74 Å². The minimum Gasteiger partial charge on any atom is -0.459 e. The van der Waals surface area contributed by atoms with Gasteiger partial charge < -0.3 is 19.8 Å². The summed E-state index contributed by atoms with van der Waals surface area (Å²) >= 11 is 0. The predicted molar refractivity (Wildman–Crippen MR) is 97.6 cm³/mol. The number of esters is 1. The number of amides is 1. The highest BCUT2D eigenvalue weighted by Gasteiger charge is 2.55. The first-order chi connectivity index (χ1) is 12.9. The summed E-state index contributed by atoms with van der Waals surface area (Å²) in [6.45, 7) is 5.66.